The summed E-state index contributed by atoms with van der Waals surface area (Å²) in [7, 11) is 0. The largest absolute Gasteiger partial charge is 0.481 e. The average molecular weight is 274 g/mol. The first-order valence-electron chi connectivity index (χ1n) is 5.26. The molecule has 0 radical (unpaired) electrons. The molecule has 8 nitrogen and oxygen atoms in total. The minimum atomic E-state index is -1.02. The van der Waals surface area contributed by atoms with Gasteiger partial charge in [-0.1, -0.05) is 11.8 Å². The lowest BCUT2D eigenvalue weighted by atomic mass is 10.3. The number of carboxylic acids is 1. The Morgan fingerprint density at radius 2 is 2.28 bits per heavy atom. The van der Waals surface area contributed by atoms with E-state index in [1.807, 2.05) is 0 Å². The van der Waals surface area contributed by atoms with Crippen molar-refractivity contribution in [2.24, 2.45) is 0 Å². The van der Waals surface area contributed by atoms with Crippen molar-refractivity contribution in [1.29, 1.82) is 0 Å². The highest BCUT2D eigenvalue weighted by Gasteiger charge is 2.21. The van der Waals surface area contributed by atoms with Gasteiger partial charge in [0.05, 0.1) is 5.75 Å². The summed E-state index contributed by atoms with van der Waals surface area (Å²) in [6, 6.07) is -0.743. The molecule has 9 heteroatoms. The molecule has 0 aromatic carbocycles. The van der Waals surface area contributed by atoms with E-state index in [4.69, 9.17) is 5.11 Å². The SMILES string of the molecule is CCNC(=O)C(C)n1c(SCC(=O)O)n[nH]c1=O. The van der Waals surface area contributed by atoms with Gasteiger partial charge in [0, 0.05) is 6.54 Å². The number of thioether (sulfide) groups is 1. The van der Waals surface area contributed by atoms with Gasteiger partial charge in [-0.2, -0.15) is 0 Å². The molecule has 1 aromatic heterocycles. The fourth-order valence-corrected chi connectivity index (χ4v) is 2.04. The standard InChI is InChI=1S/C9H14N4O4S/c1-3-10-7(16)5(2)13-8(17)11-12-9(13)18-4-6(14)15/h5H,3-4H2,1-2H3,(H,10,16)(H,11,17)(H,14,15). The number of carbonyl (C=O) groups is 2. The maximum atomic E-state index is 11.6. The van der Waals surface area contributed by atoms with Gasteiger partial charge in [-0.3, -0.25) is 14.2 Å². The van der Waals surface area contributed by atoms with E-state index < -0.39 is 17.7 Å². The van der Waals surface area contributed by atoms with E-state index in [1.165, 1.54) is 0 Å². The molecule has 18 heavy (non-hydrogen) atoms. The van der Waals surface area contributed by atoms with Crippen LogP contribution in [0.3, 0.4) is 0 Å². The molecule has 0 spiro atoms. The third-order valence-corrected chi connectivity index (χ3v) is 3.05. The molecule has 1 atom stereocenters. The van der Waals surface area contributed by atoms with Crippen LogP contribution in [-0.4, -0.2) is 44.0 Å². The van der Waals surface area contributed by atoms with Gasteiger partial charge in [0.2, 0.25) is 5.91 Å². The topological polar surface area (TPSA) is 117 Å². The van der Waals surface area contributed by atoms with E-state index in [2.05, 4.69) is 15.5 Å². The first kappa shape index (κ1) is 14.3. The lowest BCUT2D eigenvalue weighted by Gasteiger charge is -2.13. The van der Waals surface area contributed by atoms with Crippen LogP contribution < -0.4 is 11.0 Å². The van der Waals surface area contributed by atoms with Gasteiger partial charge in [0.15, 0.2) is 5.16 Å². The molecule has 1 rings (SSSR count). The summed E-state index contributed by atoms with van der Waals surface area (Å²) < 4.78 is 1.14. The van der Waals surface area contributed by atoms with Gasteiger partial charge in [-0.15, -0.1) is 5.10 Å². The Labute approximate surface area is 107 Å². The van der Waals surface area contributed by atoms with Crippen LogP contribution in [0.15, 0.2) is 9.95 Å². The van der Waals surface area contributed by atoms with Crippen LogP contribution in [-0.2, 0) is 9.59 Å². The number of H-pyrrole nitrogens is 1. The number of aromatic amines is 1. The molecule has 1 aromatic rings. The van der Waals surface area contributed by atoms with Crippen molar-refractivity contribution in [2.75, 3.05) is 12.3 Å². The zero-order valence-corrected chi connectivity index (χ0v) is 10.8. The molecule has 0 aliphatic carbocycles. The van der Waals surface area contributed by atoms with Gasteiger partial charge >= 0.3 is 11.7 Å². The Bertz CT molecular complexity index is 495. The van der Waals surface area contributed by atoms with Crippen LogP contribution in [0, 0.1) is 0 Å². The molecule has 0 aliphatic rings. The summed E-state index contributed by atoms with van der Waals surface area (Å²) in [6.45, 7) is 3.77. The van der Waals surface area contributed by atoms with Crippen molar-refractivity contribution in [3.05, 3.63) is 10.5 Å². The molecule has 1 unspecified atom stereocenters. The number of nitrogens with zero attached hydrogens (tertiary/aromatic N) is 2. The number of aromatic nitrogens is 3. The number of hydrogen-bond donors (Lipinski definition) is 3. The molecule has 1 heterocycles. The number of nitrogens with one attached hydrogen (secondary N) is 2. The summed E-state index contributed by atoms with van der Waals surface area (Å²) in [5, 5.41) is 17.2. The zero-order valence-electron chi connectivity index (χ0n) is 9.97. The summed E-state index contributed by atoms with van der Waals surface area (Å²) in [5.41, 5.74) is -0.540. The van der Waals surface area contributed by atoms with Crippen molar-refractivity contribution in [3.8, 4) is 0 Å². The molecular weight excluding hydrogens is 260 g/mol. The van der Waals surface area contributed by atoms with Gasteiger partial charge in [0.25, 0.3) is 0 Å². The van der Waals surface area contributed by atoms with Gasteiger partial charge in [-0.05, 0) is 13.8 Å². The second-order valence-corrected chi connectivity index (χ2v) is 4.38. The number of aliphatic carboxylic acids is 1. The van der Waals surface area contributed by atoms with Crippen LogP contribution in [0.1, 0.15) is 19.9 Å². The maximum Gasteiger partial charge on any atom is 0.344 e. The number of amides is 1. The van der Waals surface area contributed by atoms with Crippen LogP contribution in [0.2, 0.25) is 0 Å². The third-order valence-electron chi connectivity index (χ3n) is 2.11. The second-order valence-electron chi connectivity index (χ2n) is 3.43. The highest BCUT2D eigenvalue weighted by Crippen LogP contribution is 2.16. The number of hydrogen-bond acceptors (Lipinski definition) is 5. The lowest BCUT2D eigenvalue weighted by molar-refractivity contribution is -0.133. The molecule has 0 fully saturated rings. The Balaban J connectivity index is 2.93. The Morgan fingerprint density at radius 3 is 2.83 bits per heavy atom. The fraction of sp³-hybridized carbons (Fsp3) is 0.556. The smallest absolute Gasteiger partial charge is 0.344 e. The zero-order chi connectivity index (χ0) is 13.7. The summed E-state index contributed by atoms with van der Waals surface area (Å²) in [4.78, 5) is 33.7. The minimum absolute atomic E-state index is 0.182. The fourth-order valence-electron chi connectivity index (χ4n) is 1.30. The summed E-state index contributed by atoms with van der Waals surface area (Å²) in [5.74, 6) is -1.57. The predicted octanol–water partition coefficient (Wildman–Crippen LogP) is -0.555. The molecule has 0 saturated heterocycles. The summed E-state index contributed by atoms with van der Waals surface area (Å²) in [6.07, 6.45) is 0. The first-order valence-corrected chi connectivity index (χ1v) is 6.25. The molecule has 0 bridgehead atoms. The van der Waals surface area contributed by atoms with Crippen LogP contribution >= 0.6 is 11.8 Å². The molecule has 0 aliphatic heterocycles. The van der Waals surface area contributed by atoms with Gasteiger partial charge < -0.3 is 10.4 Å². The minimum Gasteiger partial charge on any atom is -0.481 e. The highest BCUT2D eigenvalue weighted by atomic mass is 32.2. The van der Waals surface area contributed by atoms with Crippen LogP contribution in [0.25, 0.3) is 0 Å². The van der Waals surface area contributed by atoms with Crippen molar-refractivity contribution in [1.82, 2.24) is 20.1 Å². The van der Waals surface area contributed by atoms with E-state index >= 15 is 0 Å². The molecule has 3 N–H and O–H groups in total. The third kappa shape index (κ3) is 3.36. The van der Waals surface area contributed by atoms with Crippen molar-refractivity contribution >= 4 is 23.6 Å². The van der Waals surface area contributed by atoms with Crippen molar-refractivity contribution in [3.63, 3.8) is 0 Å². The van der Waals surface area contributed by atoms with E-state index in [0.29, 0.717) is 6.54 Å². The second kappa shape index (κ2) is 6.24. The van der Waals surface area contributed by atoms with E-state index in [9.17, 15) is 14.4 Å². The Hall–Kier alpha value is -1.77. The lowest BCUT2D eigenvalue weighted by Crippen LogP contribution is -2.35. The summed E-state index contributed by atoms with van der Waals surface area (Å²) >= 11 is 0.881. The van der Waals surface area contributed by atoms with Gasteiger partial charge in [-0.25, -0.2) is 9.89 Å². The van der Waals surface area contributed by atoms with Gasteiger partial charge in [0.1, 0.15) is 6.04 Å². The quantitative estimate of drug-likeness (QED) is 0.599. The average Bonchev–Trinajstić information content (AvgIpc) is 2.67. The number of likely N-dealkylation sites (N-methyl/N-ethyl adjacent to an activating group) is 1. The number of carboxylic acid groups (broad SMARTS) is 1. The normalized spacial score (nSPS) is 12.1. The van der Waals surface area contributed by atoms with E-state index in [1.54, 1.807) is 13.8 Å². The highest BCUT2D eigenvalue weighted by molar-refractivity contribution is 7.99. The molecular formula is C9H14N4O4S. The predicted molar refractivity (Wildman–Crippen MR) is 64.6 cm³/mol. The Kier molecular flexibility index (Phi) is 4.95. The molecule has 100 valence electrons. The molecule has 1 amide bonds. The first-order chi connectivity index (χ1) is 8.47. The van der Waals surface area contributed by atoms with Crippen LogP contribution in [0.4, 0.5) is 0 Å². The van der Waals surface area contributed by atoms with Crippen LogP contribution in [0.5, 0.6) is 0 Å². The Morgan fingerprint density at radius 1 is 1.61 bits per heavy atom. The van der Waals surface area contributed by atoms with Crippen molar-refractivity contribution in [2.45, 2.75) is 25.0 Å². The number of rotatable bonds is 6. The molecule has 0 saturated carbocycles. The maximum absolute atomic E-state index is 11.6. The monoisotopic (exact) mass is 274 g/mol. The number of carbonyl (C=O) groups excluding carboxylic acids is 1. The van der Waals surface area contributed by atoms with Crippen molar-refractivity contribution < 1.29 is 14.7 Å². The van der Waals surface area contributed by atoms with E-state index in [-0.39, 0.29) is 16.8 Å². The van der Waals surface area contributed by atoms with E-state index in [0.717, 1.165) is 16.3 Å².